The fourth-order valence-electron chi connectivity index (χ4n) is 10.9. The number of hydrogen-bond donors (Lipinski definition) is 0. The quantitative estimate of drug-likeness (QED) is 0.163. The molecule has 3 saturated carbocycles. The van der Waals surface area contributed by atoms with Crippen molar-refractivity contribution in [2.45, 2.75) is 94.8 Å². The first-order valence-corrected chi connectivity index (χ1v) is 21.2. The summed E-state index contributed by atoms with van der Waals surface area (Å²) in [4.78, 5) is 2.51. The average Bonchev–Trinajstić information content (AvgIpc) is 4.09. The Kier molecular flexibility index (Phi) is 8.26. The lowest BCUT2D eigenvalue weighted by atomic mass is 9.87. The van der Waals surface area contributed by atoms with Crippen LogP contribution in [0, 0.1) is 0 Å². The van der Waals surface area contributed by atoms with Gasteiger partial charge in [-0.1, -0.05) is 130 Å². The molecule has 0 spiro atoms. The number of rotatable bonds is 7. The van der Waals surface area contributed by atoms with Crippen LogP contribution in [-0.2, 0) is 0 Å². The zero-order chi connectivity index (χ0) is 36.3. The number of benzene rings is 7. The zero-order valence-corrected chi connectivity index (χ0v) is 31.8. The van der Waals surface area contributed by atoms with Crippen molar-refractivity contribution in [2.75, 3.05) is 4.90 Å². The van der Waals surface area contributed by atoms with E-state index in [1.165, 1.54) is 149 Å². The Labute approximate surface area is 324 Å². The Morgan fingerprint density at radius 2 is 1.07 bits per heavy atom. The molecule has 8 aromatic rings. The first-order chi connectivity index (χ1) is 27.3. The van der Waals surface area contributed by atoms with Gasteiger partial charge < -0.3 is 9.32 Å². The number of furan rings is 1. The van der Waals surface area contributed by atoms with E-state index in [1.54, 1.807) is 0 Å². The van der Waals surface area contributed by atoms with Gasteiger partial charge in [-0.15, -0.1) is 0 Å². The highest BCUT2D eigenvalue weighted by atomic mass is 16.3. The summed E-state index contributed by atoms with van der Waals surface area (Å²) in [6.45, 7) is 0. The third kappa shape index (κ3) is 5.76. The lowest BCUT2D eigenvalue weighted by Crippen LogP contribution is -2.12. The van der Waals surface area contributed by atoms with E-state index < -0.39 is 0 Å². The molecule has 7 aromatic carbocycles. The molecule has 3 fully saturated rings. The summed E-state index contributed by atoms with van der Waals surface area (Å²) in [5.74, 6) is 1.89. The van der Waals surface area contributed by atoms with Crippen molar-refractivity contribution in [2.24, 2.45) is 0 Å². The van der Waals surface area contributed by atoms with E-state index in [0.29, 0.717) is 17.8 Å². The molecule has 0 saturated heterocycles. The number of fused-ring (bicyclic) bond motifs is 5. The van der Waals surface area contributed by atoms with Crippen molar-refractivity contribution in [3.8, 4) is 11.1 Å². The molecule has 2 nitrogen and oxygen atoms in total. The molecule has 2 heteroatoms. The molecule has 55 heavy (non-hydrogen) atoms. The lowest BCUT2D eigenvalue weighted by Gasteiger charge is -2.29. The van der Waals surface area contributed by atoms with Crippen LogP contribution < -0.4 is 4.90 Å². The van der Waals surface area contributed by atoms with Crippen molar-refractivity contribution < 1.29 is 4.42 Å². The fourth-order valence-corrected chi connectivity index (χ4v) is 10.9. The molecule has 3 aliphatic carbocycles. The van der Waals surface area contributed by atoms with Gasteiger partial charge in [-0.05, 0) is 136 Å². The Balaban J connectivity index is 1.15. The molecule has 0 N–H and O–H groups in total. The van der Waals surface area contributed by atoms with Crippen molar-refractivity contribution in [1.29, 1.82) is 0 Å². The van der Waals surface area contributed by atoms with Crippen molar-refractivity contribution >= 4 is 60.5 Å². The summed E-state index contributed by atoms with van der Waals surface area (Å²) >= 11 is 0. The molecule has 0 amide bonds. The fraction of sp³-hybridized carbons (Fsp3) is 0.283. The number of anilines is 3. The van der Waals surface area contributed by atoms with E-state index in [2.05, 4.69) is 138 Å². The summed E-state index contributed by atoms with van der Waals surface area (Å²) in [6, 6.07) is 51.1. The Morgan fingerprint density at radius 1 is 0.436 bits per heavy atom. The second-order valence-electron chi connectivity index (χ2n) is 16.8. The second-order valence-corrected chi connectivity index (χ2v) is 16.8. The topological polar surface area (TPSA) is 16.4 Å². The monoisotopic (exact) mass is 715 g/mol. The van der Waals surface area contributed by atoms with Crippen LogP contribution in [0.25, 0.3) is 54.6 Å². The molecule has 0 radical (unpaired) electrons. The van der Waals surface area contributed by atoms with Gasteiger partial charge >= 0.3 is 0 Å². The van der Waals surface area contributed by atoms with E-state index in [9.17, 15) is 0 Å². The van der Waals surface area contributed by atoms with Crippen molar-refractivity contribution in [3.63, 3.8) is 0 Å². The minimum atomic E-state index is 0.592. The summed E-state index contributed by atoms with van der Waals surface area (Å²) in [5, 5.41) is 7.70. The number of nitrogens with zero attached hydrogens (tertiary/aromatic N) is 1. The van der Waals surface area contributed by atoms with E-state index in [1.807, 2.05) is 0 Å². The van der Waals surface area contributed by atoms with Crippen LogP contribution in [-0.4, -0.2) is 0 Å². The highest BCUT2D eigenvalue weighted by Crippen LogP contribution is 2.49. The maximum absolute atomic E-state index is 6.92. The Bertz CT molecular complexity index is 2680. The van der Waals surface area contributed by atoms with Crippen LogP contribution in [0.15, 0.2) is 138 Å². The number of hydrogen-bond acceptors (Lipinski definition) is 2. The van der Waals surface area contributed by atoms with Gasteiger partial charge in [-0.3, -0.25) is 0 Å². The van der Waals surface area contributed by atoms with Crippen LogP contribution >= 0.6 is 0 Å². The summed E-state index contributed by atoms with van der Waals surface area (Å²) in [7, 11) is 0. The summed E-state index contributed by atoms with van der Waals surface area (Å²) in [6.07, 6.45) is 15.6. The van der Waals surface area contributed by atoms with Crippen LogP contribution in [0.2, 0.25) is 0 Å². The molecule has 0 atom stereocenters. The van der Waals surface area contributed by atoms with Gasteiger partial charge in [0.2, 0.25) is 0 Å². The van der Waals surface area contributed by atoms with Gasteiger partial charge in [0, 0.05) is 33.8 Å². The minimum absolute atomic E-state index is 0.592. The highest BCUT2D eigenvalue weighted by Gasteiger charge is 2.26. The van der Waals surface area contributed by atoms with E-state index >= 15 is 0 Å². The molecule has 0 bridgehead atoms. The van der Waals surface area contributed by atoms with Gasteiger partial charge in [0.05, 0.1) is 5.69 Å². The van der Waals surface area contributed by atoms with Gasteiger partial charge in [-0.25, -0.2) is 0 Å². The van der Waals surface area contributed by atoms with Crippen LogP contribution in [0.1, 0.15) is 111 Å². The standard InChI is InChI=1S/C53H49NO/c1-2-12-35(11-1)37-25-27-42(28-26-37)54(43-29-30-47-49-22-10-20-45(39-16-6-7-17-39)53(49)55-51(47)34-43)50-32-31-46-44(38-14-4-5-15-38)19-9-21-48(46)52(50)41-24-23-36-13-3-8-18-40(36)33-41/h3,8-10,13,18-35,38-39H,1-2,4-7,11-12,14-17H2. The first kappa shape index (κ1) is 33.0. The first-order valence-electron chi connectivity index (χ1n) is 21.2. The van der Waals surface area contributed by atoms with Crippen molar-refractivity contribution in [3.05, 3.63) is 150 Å². The lowest BCUT2D eigenvalue weighted by molar-refractivity contribution is 0.643. The molecule has 3 aliphatic rings. The van der Waals surface area contributed by atoms with Gasteiger partial charge in [0.1, 0.15) is 11.2 Å². The largest absolute Gasteiger partial charge is 0.456 e. The predicted molar refractivity (Wildman–Crippen MR) is 232 cm³/mol. The summed E-state index contributed by atoms with van der Waals surface area (Å²) < 4.78 is 6.92. The Morgan fingerprint density at radius 3 is 1.84 bits per heavy atom. The van der Waals surface area contributed by atoms with Crippen LogP contribution in [0.3, 0.4) is 0 Å². The van der Waals surface area contributed by atoms with E-state index in [-0.39, 0.29) is 0 Å². The average molecular weight is 716 g/mol. The second kappa shape index (κ2) is 13.7. The third-order valence-electron chi connectivity index (χ3n) is 13.7. The predicted octanol–water partition coefficient (Wildman–Crippen LogP) is 16.0. The molecule has 1 aromatic heterocycles. The maximum atomic E-state index is 6.92. The maximum Gasteiger partial charge on any atom is 0.138 e. The van der Waals surface area contributed by atoms with Crippen LogP contribution in [0.5, 0.6) is 0 Å². The normalized spacial score (nSPS) is 17.1. The zero-order valence-electron chi connectivity index (χ0n) is 31.8. The van der Waals surface area contributed by atoms with Crippen molar-refractivity contribution in [1.82, 2.24) is 0 Å². The number of para-hydroxylation sites is 1. The smallest absolute Gasteiger partial charge is 0.138 e. The van der Waals surface area contributed by atoms with Crippen LogP contribution in [0.4, 0.5) is 17.1 Å². The molecule has 1 heterocycles. The molecule has 0 unspecified atom stereocenters. The molecular formula is C53H49NO. The Hall–Kier alpha value is -5.34. The molecule has 272 valence electrons. The van der Waals surface area contributed by atoms with Gasteiger partial charge in [-0.2, -0.15) is 0 Å². The van der Waals surface area contributed by atoms with Gasteiger partial charge in [0.15, 0.2) is 0 Å². The highest BCUT2D eigenvalue weighted by molar-refractivity contribution is 6.10. The van der Waals surface area contributed by atoms with E-state index in [0.717, 1.165) is 16.9 Å². The minimum Gasteiger partial charge on any atom is -0.456 e. The van der Waals surface area contributed by atoms with E-state index in [4.69, 9.17) is 4.42 Å². The SMILES string of the molecule is c1ccc2cc(-c3c(N(c4ccc(C5CCCC5)cc4)c4ccc5c(c4)oc4c(C6CCCC6)cccc45)ccc4c(C5CCCC5)cccc34)ccc2c1. The summed E-state index contributed by atoms with van der Waals surface area (Å²) in [5.41, 5.74) is 12.4. The molecular weight excluding hydrogens is 667 g/mol. The molecule has 0 aliphatic heterocycles. The third-order valence-corrected chi connectivity index (χ3v) is 13.7. The molecule has 11 rings (SSSR count). The van der Waals surface area contributed by atoms with Gasteiger partial charge in [0.25, 0.3) is 0 Å².